The number of aromatic nitrogens is 6. The van der Waals surface area contributed by atoms with E-state index in [4.69, 9.17) is 10.6 Å². The number of β-lactam (4-membered cyclic amide) rings is 1. The van der Waals surface area contributed by atoms with Gasteiger partial charge in [0, 0.05) is 34.0 Å². The average Bonchev–Trinajstić information content (AvgIpc) is 3.50. The molecule has 0 aliphatic carbocycles. The molecule has 2 atom stereocenters. The van der Waals surface area contributed by atoms with Gasteiger partial charge in [-0.1, -0.05) is 9.84 Å². The second-order valence-electron chi connectivity index (χ2n) is 9.29. The molecule has 1 saturated heterocycles. The Hall–Kier alpha value is -4.85. The lowest BCUT2D eigenvalue weighted by molar-refractivity contribution is -0.746. The third-order valence-electron chi connectivity index (χ3n) is 6.02. The molecule has 18 nitrogen and oxygen atoms in total. The van der Waals surface area contributed by atoms with Gasteiger partial charge in [-0.15, -0.1) is 11.8 Å². The van der Waals surface area contributed by atoms with Gasteiger partial charge in [0.05, 0.1) is 0 Å². The maximum Gasteiger partial charge on any atom is 0.352 e. The van der Waals surface area contributed by atoms with Gasteiger partial charge in [-0.05, 0) is 13.8 Å². The van der Waals surface area contributed by atoms with Crippen LogP contribution in [0.4, 0.5) is 5.13 Å². The number of aromatic amines is 1. The number of aliphatic carboxylic acids is 2. The molecule has 0 spiro atoms. The predicted molar refractivity (Wildman–Crippen MR) is 139 cm³/mol. The van der Waals surface area contributed by atoms with Crippen molar-refractivity contribution in [2.75, 3.05) is 11.5 Å². The third-order valence-corrected chi connectivity index (χ3v) is 7.90. The molecule has 5 heterocycles. The Bertz CT molecular complexity index is 1720. The van der Waals surface area contributed by atoms with Crippen molar-refractivity contribution in [1.82, 2.24) is 34.3 Å². The zero-order valence-electron chi connectivity index (χ0n) is 21.2. The van der Waals surface area contributed by atoms with Crippen LogP contribution in [-0.4, -0.2) is 91.4 Å². The number of oxime groups is 1. The van der Waals surface area contributed by atoms with E-state index in [2.05, 4.69) is 30.0 Å². The molecule has 6 N–H and O–H groups in total. The first kappa shape index (κ1) is 27.7. The predicted octanol–water partition coefficient (Wildman–Crippen LogP) is -2.23. The number of hydrogen-bond acceptors (Lipinski definition) is 13. The van der Waals surface area contributed by atoms with Crippen molar-refractivity contribution in [2.45, 2.75) is 37.4 Å². The molecular weight excluding hydrogens is 584 g/mol. The molecule has 1 fully saturated rings. The highest BCUT2D eigenvalue weighted by Crippen LogP contribution is 2.40. The monoisotopic (exact) mass is 605 g/mol. The summed E-state index contributed by atoms with van der Waals surface area (Å²) in [5, 5.41) is 31.3. The first-order valence-corrected chi connectivity index (χ1v) is 13.4. The lowest BCUT2D eigenvalue weighted by Crippen LogP contribution is -2.71. The molecule has 2 unspecified atom stereocenters. The third kappa shape index (κ3) is 5.20. The van der Waals surface area contributed by atoms with Crippen LogP contribution >= 0.6 is 23.3 Å². The molecule has 0 saturated carbocycles. The zero-order chi connectivity index (χ0) is 29.6. The fourth-order valence-electron chi connectivity index (χ4n) is 3.93. The van der Waals surface area contributed by atoms with Crippen molar-refractivity contribution in [3.63, 3.8) is 0 Å². The number of anilines is 1. The van der Waals surface area contributed by atoms with Gasteiger partial charge in [0.15, 0.2) is 18.0 Å². The maximum absolute atomic E-state index is 13.2. The highest BCUT2D eigenvalue weighted by atomic mass is 32.2. The average molecular weight is 606 g/mol. The molecule has 2 aliphatic heterocycles. The summed E-state index contributed by atoms with van der Waals surface area (Å²) in [6.45, 7) is 2.46. The molecule has 214 valence electrons. The topological polar surface area (TPSA) is 251 Å². The van der Waals surface area contributed by atoms with E-state index >= 15 is 0 Å². The molecule has 0 radical (unpaired) electrons. The van der Waals surface area contributed by atoms with Gasteiger partial charge >= 0.3 is 11.9 Å². The summed E-state index contributed by atoms with van der Waals surface area (Å²) in [4.78, 5) is 71.5. The van der Waals surface area contributed by atoms with Crippen molar-refractivity contribution in [3.8, 4) is 0 Å². The Morgan fingerprint density at radius 2 is 2.10 bits per heavy atom. The molecule has 2 amide bonds. The van der Waals surface area contributed by atoms with E-state index in [-0.39, 0.29) is 34.5 Å². The summed E-state index contributed by atoms with van der Waals surface area (Å²) in [5.74, 6) is -4.38. The second-order valence-corrected chi connectivity index (χ2v) is 11.2. The van der Waals surface area contributed by atoms with Crippen molar-refractivity contribution < 1.29 is 38.9 Å². The van der Waals surface area contributed by atoms with Gasteiger partial charge in [-0.25, -0.2) is 14.1 Å². The number of thioether (sulfide) groups is 1. The number of nitrogens with two attached hydrogens (primary N) is 1. The summed E-state index contributed by atoms with van der Waals surface area (Å²) in [7, 11) is 0. The van der Waals surface area contributed by atoms with Gasteiger partial charge in [-0.2, -0.15) is 9.36 Å². The molecule has 3 aromatic heterocycles. The number of H-pyrrole nitrogens is 1. The van der Waals surface area contributed by atoms with Crippen LogP contribution in [0.3, 0.4) is 0 Å². The molecule has 41 heavy (non-hydrogen) atoms. The lowest BCUT2D eigenvalue weighted by Gasteiger charge is -2.49. The van der Waals surface area contributed by atoms with Crippen LogP contribution in [0.1, 0.15) is 19.7 Å². The van der Waals surface area contributed by atoms with Crippen LogP contribution in [-0.2, 0) is 30.6 Å². The van der Waals surface area contributed by atoms with Crippen LogP contribution in [0.15, 0.2) is 39.8 Å². The van der Waals surface area contributed by atoms with E-state index in [9.17, 15) is 34.2 Å². The number of carboxylic acids is 2. The van der Waals surface area contributed by atoms with Crippen LogP contribution in [0.5, 0.6) is 0 Å². The minimum Gasteiger partial charge on any atom is -0.478 e. The molecule has 20 heteroatoms. The second kappa shape index (κ2) is 10.3. The summed E-state index contributed by atoms with van der Waals surface area (Å²) >= 11 is 1.99. The first-order valence-electron chi connectivity index (χ1n) is 11.6. The number of nitrogen functional groups attached to an aromatic ring is 1. The van der Waals surface area contributed by atoms with E-state index < -0.39 is 46.5 Å². The van der Waals surface area contributed by atoms with Crippen molar-refractivity contribution in [1.29, 1.82) is 0 Å². The molecule has 5 rings (SSSR count). The molecule has 0 bridgehead atoms. The largest absolute Gasteiger partial charge is 0.478 e. The molecule has 0 aromatic carbocycles. The lowest BCUT2D eigenvalue weighted by atomic mass is 10.0. The van der Waals surface area contributed by atoms with E-state index in [1.165, 1.54) is 47.2 Å². The zero-order valence-corrected chi connectivity index (χ0v) is 22.8. The fraction of sp³-hybridized carbons (Fsp3) is 0.333. The number of rotatable bonds is 9. The van der Waals surface area contributed by atoms with Crippen LogP contribution in [0.2, 0.25) is 0 Å². The van der Waals surface area contributed by atoms with E-state index in [1.54, 1.807) is 6.20 Å². The smallest absolute Gasteiger partial charge is 0.352 e. The van der Waals surface area contributed by atoms with Crippen LogP contribution < -0.4 is 21.3 Å². The van der Waals surface area contributed by atoms with E-state index in [0.29, 0.717) is 11.1 Å². The van der Waals surface area contributed by atoms with Gasteiger partial charge in [0.25, 0.3) is 17.4 Å². The summed E-state index contributed by atoms with van der Waals surface area (Å²) in [6, 6.07) is 0.217. The Morgan fingerprint density at radius 1 is 1.34 bits per heavy atom. The van der Waals surface area contributed by atoms with Crippen molar-refractivity contribution in [3.05, 3.63) is 46.0 Å². The number of hydrogen-bond donors (Lipinski definition) is 5. The normalized spacial score (nSPS) is 19.1. The number of amides is 2. The summed E-state index contributed by atoms with van der Waals surface area (Å²) < 4.78 is 6.76. The Balaban J connectivity index is 1.37. The van der Waals surface area contributed by atoms with Gasteiger partial charge in [-0.3, -0.25) is 24.4 Å². The van der Waals surface area contributed by atoms with Crippen molar-refractivity contribution >= 4 is 63.4 Å². The Labute approximate surface area is 236 Å². The van der Waals surface area contributed by atoms with Crippen LogP contribution in [0.25, 0.3) is 5.52 Å². The Kier molecular flexibility index (Phi) is 6.95. The number of carbonyl (C=O) groups is 4. The minimum atomic E-state index is -1.80. The molecular formula is C21H21N10O8S2+. The number of carboxylic acid groups (broad SMARTS) is 2. The number of fused-ring (bicyclic) bond motifs is 2. The molecule has 3 aromatic rings. The standard InChI is InChI=1S/C21H20N10O8S2/c1-21(2,19(37)38)39-27-11(14-25-20(22)41-28-14)15(33)24-12-16(34)31-13(18(35)36)8(6-40-17(12)31)4-29-5-9-3-10(32)26-30(9)7-23-29/h3,5,7,12,17H,4,6H2,1-2H3,(H5-,22,24,25,26,28,32,33,35,36,37,38)/p+1/b27-11-. The fourth-order valence-corrected chi connectivity index (χ4v) is 5.70. The minimum absolute atomic E-state index is 0.00516. The van der Waals surface area contributed by atoms with Gasteiger partial charge in [0.1, 0.15) is 22.6 Å². The van der Waals surface area contributed by atoms with Gasteiger partial charge in [0.2, 0.25) is 23.3 Å². The molecule has 2 aliphatic rings. The van der Waals surface area contributed by atoms with E-state index in [1.807, 2.05) is 0 Å². The maximum atomic E-state index is 13.2. The van der Waals surface area contributed by atoms with Crippen molar-refractivity contribution in [2.24, 2.45) is 5.16 Å². The number of nitrogens with zero attached hydrogens (tertiary/aromatic N) is 7. The quantitative estimate of drug-likeness (QED) is 0.0750. The first-order chi connectivity index (χ1) is 19.4. The van der Waals surface area contributed by atoms with E-state index in [0.717, 1.165) is 16.4 Å². The highest BCUT2D eigenvalue weighted by Gasteiger charge is 2.55. The Morgan fingerprint density at radius 3 is 2.76 bits per heavy atom. The highest BCUT2D eigenvalue weighted by molar-refractivity contribution is 8.00. The summed E-state index contributed by atoms with van der Waals surface area (Å²) in [6.07, 6.45) is 2.91. The van der Waals surface area contributed by atoms with Crippen LogP contribution in [0, 0.1) is 0 Å². The number of nitrogens with one attached hydrogen (secondary N) is 2. The number of carbonyl (C=O) groups excluding carboxylic acids is 2. The van der Waals surface area contributed by atoms with Gasteiger partial charge < -0.3 is 26.1 Å². The summed E-state index contributed by atoms with van der Waals surface area (Å²) in [5.41, 5.74) is 3.63. The SMILES string of the molecule is CC(C)(O/N=C(\C(=O)NC1C(=O)N2C(C(=O)O)=C(C[n+]3cc4cc(=O)[nH]n4cn3)CSC12)c1nsc(N)n1)C(=O)O.